The number of aryl methyl sites for hydroxylation is 1. The van der Waals surface area contributed by atoms with Gasteiger partial charge < -0.3 is 14.8 Å². The number of para-hydroxylation sites is 1. The average Bonchev–Trinajstić information content (AvgIpc) is 2.82. The molecule has 35 heavy (non-hydrogen) atoms. The summed E-state index contributed by atoms with van der Waals surface area (Å²) in [7, 11) is 0. The number of ether oxygens (including phenoxy) is 2. The molecule has 0 aliphatic rings. The molecule has 0 radical (unpaired) electrons. The number of hydrogen-bond acceptors (Lipinski definition) is 6. The second-order valence-electron chi connectivity index (χ2n) is 7.12. The van der Waals surface area contributed by atoms with Crippen molar-refractivity contribution in [2.75, 3.05) is 11.9 Å². The minimum absolute atomic E-state index is 0.149. The van der Waals surface area contributed by atoms with E-state index in [9.17, 15) is 14.4 Å². The first-order chi connectivity index (χ1) is 16.8. The zero-order valence-corrected chi connectivity index (χ0v) is 20.3. The Hall–Kier alpha value is -3.88. The van der Waals surface area contributed by atoms with Gasteiger partial charge in [-0.15, -0.1) is 0 Å². The van der Waals surface area contributed by atoms with E-state index in [0.717, 1.165) is 5.56 Å². The highest BCUT2D eigenvalue weighted by molar-refractivity contribution is 6.39. The first-order valence-electron chi connectivity index (χ1n) is 10.4. The number of carbonyl (C=O) groups excluding carboxylic acids is 3. The lowest BCUT2D eigenvalue weighted by Gasteiger charge is -2.12. The van der Waals surface area contributed by atoms with E-state index in [2.05, 4.69) is 15.8 Å². The molecule has 0 unspecified atom stereocenters. The molecule has 3 rings (SSSR count). The number of hydrazone groups is 1. The minimum atomic E-state index is -0.931. The van der Waals surface area contributed by atoms with Crippen LogP contribution in [0.5, 0.6) is 11.5 Å². The van der Waals surface area contributed by atoms with Gasteiger partial charge in [-0.25, -0.2) is 10.2 Å². The van der Waals surface area contributed by atoms with Crippen molar-refractivity contribution in [2.45, 2.75) is 13.8 Å². The van der Waals surface area contributed by atoms with Gasteiger partial charge in [0.1, 0.15) is 0 Å². The Labute approximate surface area is 211 Å². The third kappa shape index (κ3) is 7.05. The minimum Gasteiger partial charge on any atom is -0.490 e. The molecule has 0 aromatic heterocycles. The average molecular weight is 514 g/mol. The first kappa shape index (κ1) is 25.7. The molecule has 180 valence electrons. The second kappa shape index (κ2) is 12.0. The molecule has 2 N–H and O–H groups in total. The topological polar surface area (TPSA) is 106 Å². The van der Waals surface area contributed by atoms with Crippen LogP contribution in [-0.2, 0) is 9.59 Å². The van der Waals surface area contributed by atoms with Gasteiger partial charge in [0, 0.05) is 10.7 Å². The maximum atomic E-state index is 12.5. The molecular formula is C25H21Cl2N3O5. The van der Waals surface area contributed by atoms with Crippen molar-refractivity contribution < 1.29 is 23.9 Å². The molecule has 8 nitrogen and oxygen atoms in total. The molecule has 0 atom stereocenters. The van der Waals surface area contributed by atoms with Gasteiger partial charge in [0.25, 0.3) is 0 Å². The summed E-state index contributed by atoms with van der Waals surface area (Å²) < 4.78 is 11.0. The van der Waals surface area contributed by atoms with E-state index in [-0.39, 0.29) is 22.1 Å². The fourth-order valence-electron chi connectivity index (χ4n) is 2.88. The lowest BCUT2D eigenvalue weighted by molar-refractivity contribution is -0.136. The number of esters is 1. The molecule has 0 saturated carbocycles. The monoisotopic (exact) mass is 513 g/mol. The van der Waals surface area contributed by atoms with Crippen LogP contribution in [0.3, 0.4) is 0 Å². The largest absolute Gasteiger partial charge is 0.490 e. The van der Waals surface area contributed by atoms with E-state index in [4.69, 9.17) is 32.7 Å². The first-order valence-corrected chi connectivity index (χ1v) is 11.2. The predicted molar refractivity (Wildman–Crippen MR) is 135 cm³/mol. The summed E-state index contributed by atoms with van der Waals surface area (Å²) in [4.78, 5) is 36.6. The van der Waals surface area contributed by atoms with Gasteiger partial charge in [0.05, 0.1) is 23.4 Å². The molecule has 3 aromatic carbocycles. The summed E-state index contributed by atoms with van der Waals surface area (Å²) in [6.45, 7) is 3.89. The Balaban J connectivity index is 1.66. The summed E-state index contributed by atoms with van der Waals surface area (Å²) in [6.07, 6.45) is 1.32. The molecule has 0 heterocycles. The zero-order valence-electron chi connectivity index (χ0n) is 18.8. The second-order valence-corrected chi connectivity index (χ2v) is 7.96. The van der Waals surface area contributed by atoms with Crippen molar-refractivity contribution in [2.24, 2.45) is 5.10 Å². The van der Waals surface area contributed by atoms with Crippen molar-refractivity contribution >= 4 is 52.9 Å². The number of nitrogens with one attached hydrogen (secondary N) is 2. The molecule has 0 fully saturated rings. The zero-order chi connectivity index (χ0) is 25.4. The Morgan fingerprint density at radius 1 is 0.971 bits per heavy atom. The highest BCUT2D eigenvalue weighted by Crippen LogP contribution is 2.30. The van der Waals surface area contributed by atoms with Gasteiger partial charge in [0.15, 0.2) is 11.5 Å². The fourth-order valence-corrected chi connectivity index (χ4v) is 3.36. The van der Waals surface area contributed by atoms with Crippen molar-refractivity contribution in [1.29, 1.82) is 0 Å². The maximum Gasteiger partial charge on any atom is 0.345 e. The SMILES string of the molecule is CCOc1cc(C=NNC(=O)C(=O)Nc2ccccc2C)ccc1OC(=O)c1ccc(Cl)cc1Cl. The number of carbonyl (C=O) groups is 3. The Morgan fingerprint density at radius 3 is 2.46 bits per heavy atom. The Kier molecular flexibility index (Phi) is 8.83. The number of hydrogen-bond donors (Lipinski definition) is 2. The van der Waals surface area contributed by atoms with Gasteiger partial charge in [-0.05, 0) is 67.4 Å². The van der Waals surface area contributed by atoms with Crippen LogP contribution < -0.4 is 20.2 Å². The van der Waals surface area contributed by atoms with E-state index in [0.29, 0.717) is 22.9 Å². The van der Waals surface area contributed by atoms with Gasteiger partial charge in [-0.2, -0.15) is 5.10 Å². The summed E-state index contributed by atoms with van der Waals surface area (Å²) in [5.74, 6) is -2.02. The van der Waals surface area contributed by atoms with Crippen molar-refractivity contribution in [3.63, 3.8) is 0 Å². The lowest BCUT2D eigenvalue weighted by Crippen LogP contribution is -2.32. The van der Waals surface area contributed by atoms with Crippen molar-refractivity contribution in [3.05, 3.63) is 87.4 Å². The Bertz CT molecular complexity index is 1290. The van der Waals surface area contributed by atoms with Gasteiger partial charge >= 0.3 is 17.8 Å². The van der Waals surface area contributed by atoms with Crippen LogP contribution in [0.25, 0.3) is 0 Å². The van der Waals surface area contributed by atoms with Gasteiger partial charge in [-0.1, -0.05) is 41.4 Å². The molecule has 10 heteroatoms. The van der Waals surface area contributed by atoms with E-state index in [1.165, 1.54) is 30.5 Å². The standard InChI is InChI=1S/C25H21Cl2N3O5/c1-3-34-22-12-16(8-11-21(22)35-25(33)18-10-9-17(26)13-19(18)27)14-28-30-24(32)23(31)29-20-7-5-4-6-15(20)2/h4-14H,3H2,1-2H3,(H,29,31)(H,30,32). The molecule has 0 saturated heterocycles. The highest BCUT2D eigenvalue weighted by atomic mass is 35.5. The lowest BCUT2D eigenvalue weighted by atomic mass is 10.2. The number of rotatable bonds is 7. The van der Waals surface area contributed by atoms with Crippen LogP contribution in [0.1, 0.15) is 28.4 Å². The number of benzene rings is 3. The molecule has 2 amide bonds. The van der Waals surface area contributed by atoms with Gasteiger partial charge in [-0.3, -0.25) is 9.59 Å². The van der Waals surface area contributed by atoms with Crippen LogP contribution in [-0.4, -0.2) is 30.6 Å². The summed E-state index contributed by atoms with van der Waals surface area (Å²) >= 11 is 11.9. The van der Waals surface area contributed by atoms with Crippen molar-refractivity contribution in [1.82, 2.24) is 5.43 Å². The molecule has 0 spiro atoms. The third-order valence-corrected chi connectivity index (χ3v) is 5.15. The van der Waals surface area contributed by atoms with Crippen LogP contribution in [0.2, 0.25) is 10.0 Å². The van der Waals surface area contributed by atoms with Crippen LogP contribution in [0.15, 0.2) is 65.8 Å². The molecule has 0 aliphatic heterocycles. The summed E-state index contributed by atoms with van der Waals surface area (Å²) in [5.41, 5.74) is 4.19. The predicted octanol–water partition coefficient (Wildman–Crippen LogP) is 5.01. The molecule has 0 bridgehead atoms. The number of nitrogens with zero attached hydrogens (tertiary/aromatic N) is 1. The highest BCUT2D eigenvalue weighted by Gasteiger charge is 2.17. The summed E-state index contributed by atoms with van der Waals surface area (Å²) in [6, 6.07) is 16.2. The van der Waals surface area contributed by atoms with Crippen LogP contribution in [0.4, 0.5) is 5.69 Å². The van der Waals surface area contributed by atoms with E-state index < -0.39 is 17.8 Å². The maximum absolute atomic E-state index is 12.5. The van der Waals surface area contributed by atoms with Crippen molar-refractivity contribution in [3.8, 4) is 11.5 Å². The molecular weight excluding hydrogens is 493 g/mol. The van der Waals surface area contributed by atoms with E-state index in [1.807, 2.05) is 19.1 Å². The van der Waals surface area contributed by atoms with Crippen LogP contribution in [0, 0.1) is 6.92 Å². The number of amides is 2. The smallest absolute Gasteiger partial charge is 0.345 e. The molecule has 3 aromatic rings. The van der Waals surface area contributed by atoms with Crippen LogP contribution >= 0.6 is 23.2 Å². The number of halogens is 2. The normalized spacial score (nSPS) is 10.6. The van der Waals surface area contributed by atoms with E-state index >= 15 is 0 Å². The fraction of sp³-hybridized carbons (Fsp3) is 0.120. The third-order valence-electron chi connectivity index (χ3n) is 4.60. The number of anilines is 1. The summed E-state index contributed by atoms with van der Waals surface area (Å²) in [5, 5.41) is 6.88. The quantitative estimate of drug-likeness (QED) is 0.152. The van der Waals surface area contributed by atoms with E-state index in [1.54, 1.807) is 31.2 Å². The Morgan fingerprint density at radius 2 is 1.74 bits per heavy atom. The van der Waals surface area contributed by atoms with Gasteiger partial charge in [0.2, 0.25) is 0 Å². The molecule has 0 aliphatic carbocycles.